The lowest BCUT2D eigenvalue weighted by Crippen LogP contribution is -2.33. The predicted molar refractivity (Wildman–Crippen MR) is 107 cm³/mol. The summed E-state index contributed by atoms with van der Waals surface area (Å²) in [6, 6.07) is 10.7. The van der Waals surface area contributed by atoms with Gasteiger partial charge >= 0.3 is 0 Å². The smallest absolute Gasteiger partial charge is 0.229 e. The molecule has 2 amide bonds. The zero-order valence-electron chi connectivity index (χ0n) is 16.2. The Morgan fingerprint density at radius 1 is 0.645 bits per heavy atom. The van der Waals surface area contributed by atoms with Crippen LogP contribution < -0.4 is 10.6 Å². The molecule has 2 rings (SSSR count). The van der Waals surface area contributed by atoms with Gasteiger partial charge in [-0.3, -0.25) is 9.59 Å². The lowest BCUT2D eigenvalue weighted by Gasteiger charge is -2.09. The minimum Gasteiger partial charge on any atom is -0.744 e. The molecule has 0 atom stereocenters. The topological polar surface area (TPSA) is 173 Å². The molecule has 0 aromatic heterocycles. The first-order chi connectivity index (χ1) is 14.4. The first kappa shape index (κ1) is 24.5. The third-order valence-corrected chi connectivity index (χ3v) is 5.92. The zero-order chi connectivity index (χ0) is 23.1. The molecule has 0 saturated carbocycles. The second-order valence-electron chi connectivity index (χ2n) is 6.57. The van der Waals surface area contributed by atoms with Crippen molar-refractivity contribution in [3.8, 4) is 0 Å². The van der Waals surface area contributed by atoms with Gasteiger partial charge in [-0.1, -0.05) is 24.3 Å². The van der Waals surface area contributed by atoms with E-state index in [1.165, 1.54) is 48.5 Å². The molecule has 2 N–H and O–H groups in total. The Morgan fingerprint density at radius 3 is 1.26 bits per heavy atom. The molecule has 2 aromatic rings. The molecule has 0 aliphatic carbocycles. The molecule has 12 heteroatoms. The number of nitrogens with one attached hydrogen (secondary N) is 2. The fourth-order valence-corrected chi connectivity index (χ4v) is 3.55. The van der Waals surface area contributed by atoms with Crippen LogP contribution in [0.2, 0.25) is 0 Å². The van der Waals surface area contributed by atoms with Crippen molar-refractivity contribution in [2.45, 2.75) is 29.1 Å². The molecule has 0 spiro atoms. The Balaban J connectivity index is 1.67. The minimum atomic E-state index is -4.50. The first-order valence-corrected chi connectivity index (χ1v) is 11.9. The van der Waals surface area contributed by atoms with Gasteiger partial charge < -0.3 is 19.7 Å². The summed E-state index contributed by atoms with van der Waals surface area (Å²) in [7, 11) is -9.00. The van der Waals surface area contributed by atoms with E-state index in [-0.39, 0.29) is 29.3 Å². The Morgan fingerprint density at radius 2 is 0.968 bits per heavy atom. The second-order valence-corrected chi connectivity index (χ2v) is 9.33. The van der Waals surface area contributed by atoms with Gasteiger partial charge in [-0.2, -0.15) is 0 Å². The monoisotopic (exact) mass is 468 g/mol. The van der Waals surface area contributed by atoms with E-state index in [0.29, 0.717) is 24.0 Å². The summed E-state index contributed by atoms with van der Waals surface area (Å²) in [5.74, 6) is -0.970. The third-order valence-electron chi connectivity index (χ3n) is 4.22. The fraction of sp³-hybridized carbons (Fsp3) is 0.263. The van der Waals surface area contributed by atoms with Crippen molar-refractivity contribution in [1.82, 2.24) is 10.6 Å². The van der Waals surface area contributed by atoms with E-state index in [9.17, 15) is 35.5 Å². The largest absolute Gasteiger partial charge is 0.744 e. The van der Waals surface area contributed by atoms with E-state index in [2.05, 4.69) is 10.6 Å². The van der Waals surface area contributed by atoms with Crippen LogP contribution in [0.4, 0.5) is 0 Å². The van der Waals surface area contributed by atoms with Crippen LogP contribution in [0, 0.1) is 0 Å². The summed E-state index contributed by atoms with van der Waals surface area (Å²) in [4.78, 5) is 23.0. The fourth-order valence-electron chi connectivity index (χ4n) is 2.61. The van der Waals surface area contributed by atoms with E-state index in [4.69, 9.17) is 0 Å². The van der Waals surface area contributed by atoms with Gasteiger partial charge in [0, 0.05) is 13.1 Å². The molecule has 2 aromatic carbocycles. The van der Waals surface area contributed by atoms with Crippen LogP contribution in [-0.4, -0.2) is 50.8 Å². The Kier molecular flexibility index (Phi) is 8.28. The van der Waals surface area contributed by atoms with E-state index < -0.39 is 32.1 Å². The number of rotatable bonds is 10. The van der Waals surface area contributed by atoms with E-state index >= 15 is 0 Å². The summed E-state index contributed by atoms with van der Waals surface area (Å²) in [5.41, 5.74) is 1.43. The first-order valence-electron chi connectivity index (χ1n) is 9.08. The molecule has 0 radical (unpaired) electrons. The normalized spacial score (nSPS) is 11.7. The Labute approximate surface area is 180 Å². The van der Waals surface area contributed by atoms with Gasteiger partial charge in [0.15, 0.2) is 0 Å². The second kappa shape index (κ2) is 10.5. The van der Waals surface area contributed by atoms with Crippen LogP contribution in [0.3, 0.4) is 0 Å². The lowest BCUT2D eigenvalue weighted by molar-refractivity contribution is -0.129. The van der Waals surface area contributed by atoms with Crippen LogP contribution in [0.15, 0.2) is 58.3 Å². The van der Waals surface area contributed by atoms with E-state index in [0.717, 1.165) is 0 Å². The Bertz CT molecular complexity index is 1030. The molecule has 31 heavy (non-hydrogen) atoms. The highest BCUT2D eigenvalue weighted by atomic mass is 32.2. The maximum absolute atomic E-state index is 11.8. The number of hydrogen-bond acceptors (Lipinski definition) is 8. The number of carbonyl (C=O) groups is 2. The average molecular weight is 469 g/mol. The van der Waals surface area contributed by atoms with Crippen molar-refractivity contribution in [3.63, 3.8) is 0 Å². The van der Waals surface area contributed by atoms with Crippen molar-refractivity contribution in [3.05, 3.63) is 59.7 Å². The number of amides is 2. The molecule has 0 aliphatic rings. The minimum absolute atomic E-state index is 0.227. The van der Waals surface area contributed by atoms with Gasteiger partial charge in [0.05, 0.1) is 9.79 Å². The standard InChI is InChI=1S/C19H22N2O8S2/c22-18(20-11-9-14-1-5-16(6-2-14)30(24,25)26)13-19(23)21-12-10-15-3-7-17(8-4-15)31(27,28)29/h1-8H,9-13H2,(H,20,22)(H,21,23)(H,24,25,26)(H,27,28,29)/p-2. The van der Waals surface area contributed by atoms with Crippen LogP contribution in [0.1, 0.15) is 17.5 Å². The lowest BCUT2D eigenvalue weighted by atomic mass is 10.1. The van der Waals surface area contributed by atoms with Crippen molar-refractivity contribution in [2.75, 3.05) is 13.1 Å². The molecular formula is C19H20N2O8S2-2. The summed E-state index contributed by atoms with van der Waals surface area (Å²) in [6.07, 6.45) is 0.407. The predicted octanol–water partition coefficient (Wildman–Crippen LogP) is -0.0975. The van der Waals surface area contributed by atoms with Crippen molar-refractivity contribution < 1.29 is 35.5 Å². The Hall–Kier alpha value is -2.80. The highest BCUT2D eigenvalue weighted by Crippen LogP contribution is 2.11. The summed E-state index contributed by atoms with van der Waals surface area (Å²) in [6.45, 7) is 0.453. The summed E-state index contributed by atoms with van der Waals surface area (Å²) < 4.78 is 65.2. The third kappa shape index (κ3) is 8.45. The highest BCUT2D eigenvalue weighted by molar-refractivity contribution is 7.86. The average Bonchev–Trinajstić information content (AvgIpc) is 2.67. The maximum atomic E-state index is 11.8. The molecule has 10 nitrogen and oxygen atoms in total. The van der Waals surface area contributed by atoms with Crippen LogP contribution in [0.25, 0.3) is 0 Å². The summed E-state index contributed by atoms with van der Waals surface area (Å²) in [5, 5.41) is 5.14. The molecule has 0 unspecified atom stereocenters. The maximum Gasteiger partial charge on any atom is 0.229 e. The number of hydrogen-bond donors (Lipinski definition) is 2. The number of carbonyl (C=O) groups excluding carboxylic acids is 2. The van der Waals surface area contributed by atoms with Gasteiger partial charge in [0.2, 0.25) is 11.8 Å². The van der Waals surface area contributed by atoms with E-state index in [1.54, 1.807) is 0 Å². The molecule has 0 bridgehead atoms. The van der Waals surface area contributed by atoms with Crippen molar-refractivity contribution >= 4 is 32.1 Å². The molecule has 0 fully saturated rings. The van der Waals surface area contributed by atoms with Crippen LogP contribution in [-0.2, 0) is 42.7 Å². The van der Waals surface area contributed by atoms with Gasteiger partial charge in [0.25, 0.3) is 0 Å². The van der Waals surface area contributed by atoms with Crippen LogP contribution >= 0.6 is 0 Å². The summed E-state index contributed by atoms with van der Waals surface area (Å²) >= 11 is 0. The van der Waals surface area contributed by atoms with Gasteiger partial charge in [0.1, 0.15) is 26.7 Å². The van der Waals surface area contributed by atoms with Crippen molar-refractivity contribution in [2.24, 2.45) is 0 Å². The van der Waals surface area contributed by atoms with Gasteiger partial charge in [-0.25, -0.2) is 16.8 Å². The molecule has 0 saturated heterocycles. The van der Waals surface area contributed by atoms with Crippen molar-refractivity contribution in [1.29, 1.82) is 0 Å². The number of benzene rings is 2. The SMILES string of the molecule is O=C(CC(=O)NCCc1ccc(S(=O)(=O)[O-])cc1)NCCc1ccc(S(=O)(=O)[O-])cc1. The van der Waals surface area contributed by atoms with Crippen LogP contribution in [0.5, 0.6) is 0 Å². The van der Waals surface area contributed by atoms with Gasteiger partial charge in [-0.05, 0) is 48.2 Å². The molecular weight excluding hydrogens is 448 g/mol. The molecule has 0 heterocycles. The molecule has 168 valence electrons. The van der Waals surface area contributed by atoms with E-state index in [1.807, 2.05) is 0 Å². The molecule has 0 aliphatic heterocycles. The zero-order valence-corrected chi connectivity index (χ0v) is 17.9. The highest BCUT2D eigenvalue weighted by Gasteiger charge is 2.09. The quantitative estimate of drug-likeness (QED) is 0.359. The van der Waals surface area contributed by atoms with Gasteiger partial charge in [-0.15, -0.1) is 0 Å².